The first kappa shape index (κ1) is 10.8. The standard InChI is InChI=1S/C7H14O6/c1-12-6-3(2-8)13-7(11)5(10)4(6)9/h3-11H,2H2,1H3/t3-,4-,5+,6?,7-/m1/s1. The molecule has 1 heterocycles. The number of rotatable bonds is 2. The van der Waals surface area contributed by atoms with Gasteiger partial charge in [-0.3, -0.25) is 0 Å². The molecule has 0 radical (unpaired) electrons. The van der Waals surface area contributed by atoms with Gasteiger partial charge < -0.3 is 29.9 Å². The highest BCUT2D eigenvalue weighted by Crippen LogP contribution is 2.21. The highest BCUT2D eigenvalue weighted by Gasteiger charge is 2.43. The Morgan fingerprint density at radius 1 is 1.23 bits per heavy atom. The third kappa shape index (κ3) is 1.98. The van der Waals surface area contributed by atoms with Gasteiger partial charge in [0, 0.05) is 7.11 Å². The Kier molecular flexibility index (Phi) is 3.60. The smallest absolute Gasteiger partial charge is 0.184 e. The van der Waals surface area contributed by atoms with Gasteiger partial charge in [0.1, 0.15) is 24.4 Å². The van der Waals surface area contributed by atoms with Crippen molar-refractivity contribution in [3.63, 3.8) is 0 Å². The fourth-order valence-corrected chi connectivity index (χ4v) is 1.36. The zero-order valence-electron chi connectivity index (χ0n) is 7.20. The van der Waals surface area contributed by atoms with Gasteiger partial charge in [-0.2, -0.15) is 0 Å². The largest absolute Gasteiger partial charge is 0.394 e. The van der Waals surface area contributed by atoms with Crippen LogP contribution in [0.2, 0.25) is 0 Å². The van der Waals surface area contributed by atoms with Crippen LogP contribution in [0.25, 0.3) is 0 Å². The fourth-order valence-electron chi connectivity index (χ4n) is 1.36. The van der Waals surface area contributed by atoms with Crippen LogP contribution in [0, 0.1) is 0 Å². The summed E-state index contributed by atoms with van der Waals surface area (Å²) in [5.74, 6) is 0. The fraction of sp³-hybridized carbons (Fsp3) is 1.00. The second kappa shape index (κ2) is 4.32. The molecule has 1 aliphatic heterocycles. The highest BCUT2D eigenvalue weighted by molar-refractivity contribution is 4.89. The van der Waals surface area contributed by atoms with E-state index in [1.54, 1.807) is 0 Å². The van der Waals surface area contributed by atoms with E-state index in [1.807, 2.05) is 0 Å². The van der Waals surface area contributed by atoms with Crippen molar-refractivity contribution in [2.45, 2.75) is 30.7 Å². The van der Waals surface area contributed by atoms with Crippen LogP contribution in [0.5, 0.6) is 0 Å². The molecule has 1 saturated heterocycles. The Balaban J connectivity index is 2.69. The number of aliphatic hydroxyl groups excluding tert-OH is 4. The summed E-state index contributed by atoms with van der Waals surface area (Å²) in [6.45, 7) is -0.390. The number of methoxy groups -OCH3 is 1. The van der Waals surface area contributed by atoms with Crippen LogP contribution in [0.3, 0.4) is 0 Å². The molecule has 0 amide bonds. The molecular formula is C7H14O6. The van der Waals surface area contributed by atoms with Crippen molar-refractivity contribution in [3.8, 4) is 0 Å². The molecule has 1 rings (SSSR count). The second-order valence-electron chi connectivity index (χ2n) is 2.93. The van der Waals surface area contributed by atoms with Crippen molar-refractivity contribution < 1.29 is 29.9 Å². The van der Waals surface area contributed by atoms with E-state index in [-0.39, 0.29) is 6.61 Å². The van der Waals surface area contributed by atoms with Crippen molar-refractivity contribution in [2.24, 2.45) is 0 Å². The van der Waals surface area contributed by atoms with Crippen LogP contribution in [-0.2, 0) is 9.47 Å². The summed E-state index contributed by atoms with van der Waals surface area (Å²) >= 11 is 0. The van der Waals surface area contributed by atoms with Gasteiger partial charge in [-0.25, -0.2) is 0 Å². The summed E-state index contributed by atoms with van der Waals surface area (Å²) < 4.78 is 9.61. The van der Waals surface area contributed by atoms with Gasteiger partial charge in [-0.15, -0.1) is 0 Å². The number of hydrogen-bond donors (Lipinski definition) is 4. The first-order valence-corrected chi connectivity index (χ1v) is 3.95. The predicted octanol–water partition coefficient (Wildman–Crippen LogP) is -2.57. The zero-order chi connectivity index (χ0) is 10.0. The molecule has 1 aliphatic rings. The second-order valence-corrected chi connectivity index (χ2v) is 2.93. The molecular weight excluding hydrogens is 180 g/mol. The minimum absolute atomic E-state index is 0.390. The summed E-state index contributed by atoms with van der Waals surface area (Å²) in [7, 11) is 1.32. The van der Waals surface area contributed by atoms with Crippen molar-refractivity contribution in [3.05, 3.63) is 0 Å². The maximum Gasteiger partial charge on any atom is 0.184 e. The van der Waals surface area contributed by atoms with Crippen LogP contribution >= 0.6 is 0 Å². The molecule has 13 heavy (non-hydrogen) atoms. The van der Waals surface area contributed by atoms with Crippen molar-refractivity contribution in [1.82, 2.24) is 0 Å². The van der Waals surface area contributed by atoms with Gasteiger partial charge >= 0.3 is 0 Å². The lowest BCUT2D eigenvalue weighted by Crippen LogP contribution is -2.59. The normalized spacial score (nSPS) is 46.4. The number of aliphatic hydroxyl groups is 4. The lowest BCUT2D eigenvalue weighted by molar-refractivity contribution is -0.290. The Bertz CT molecular complexity index is 161. The topological polar surface area (TPSA) is 99.4 Å². The lowest BCUT2D eigenvalue weighted by Gasteiger charge is -2.39. The van der Waals surface area contributed by atoms with E-state index in [2.05, 4.69) is 0 Å². The molecule has 6 heteroatoms. The molecule has 1 fully saturated rings. The van der Waals surface area contributed by atoms with E-state index in [1.165, 1.54) is 7.11 Å². The Morgan fingerprint density at radius 2 is 1.85 bits per heavy atom. The molecule has 6 nitrogen and oxygen atoms in total. The molecule has 5 atom stereocenters. The van der Waals surface area contributed by atoms with Crippen LogP contribution < -0.4 is 0 Å². The SMILES string of the molecule is COC1[C@@H](CO)O[C@@H](O)[C@@H](O)[C@H]1O. The van der Waals surface area contributed by atoms with Crippen molar-refractivity contribution in [2.75, 3.05) is 13.7 Å². The monoisotopic (exact) mass is 194 g/mol. The van der Waals surface area contributed by atoms with Crippen LogP contribution in [0.1, 0.15) is 0 Å². The minimum atomic E-state index is -1.49. The molecule has 0 saturated carbocycles. The van der Waals surface area contributed by atoms with Gasteiger partial charge in [0.25, 0.3) is 0 Å². The summed E-state index contributed by atoms with van der Waals surface area (Å²) in [6, 6.07) is 0. The van der Waals surface area contributed by atoms with Gasteiger partial charge in [-0.1, -0.05) is 0 Å². The predicted molar refractivity (Wildman–Crippen MR) is 40.8 cm³/mol. The summed E-state index contributed by atoms with van der Waals surface area (Å²) in [5.41, 5.74) is 0. The van der Waals surface area contributed by atoms with Gasteiger partial charge in [0.2, 0.25) is 0 Å². The summed E-state index contributed by atoms with van der Waals surface area (Å²) in [4.78, 5) is 0. The van der Waals surface area contributed by atoms with Crippen LogP contribution in [0.15, 0.2) is 0 Å². The minimum Gasteiger partial charge on any atom is -0.394 e. The molecule has 78 valence electrons. The molecule has 0 bridgehead atoms. The van der Waals surface area contributed by atoms with Gasteiger partial charge in [-0.05, 0) is 0 Å². The number of ether oxygens (including phenoxy) is 2. The van der Waals surface area contributed by atoms with E-state index in [0.29, 0.717) is 0 Å². The molecule has 0 aromatic rings. The molecule has 0 aliphatic carbocycles. The molecule has 0 aromatic carbocycles. The third-order valence-corrected chi connectivity index (χ3v) is 2.11. The van der Waals surface area contributed by atoms with E-state index >= 15 is 0 Å². The average Bonchev–Trinajstić information content (AvgIpc) is 2.13. The zero-order valence-corrected chi connectivity index (χ0v) is 7.20. The lowest BCUT2D eigenvalue weighted by atomic mass is 9.99. The maximum absolute atomic E-state index is 9.38. The Hall–Kier alpha value is -0.240. The average molecular weight is 194 g/mol. The van der Waals surface area contributed by atoms with E-state index in [9.17, 15) is 10.2 Å². The first-order chi connectivity index (χ1) is 6.11. The van der Waals surface area contributed by atoms with Gasteiger partial charge in [0.05, 0.1) is 6.61 Å². The first-order valence-electron chi connectivity index (χ1n) is 3.95. The van der Waals surface area contributed by atoms with E-state index < -0.39 is 30.7 Å². The number of hydrogen-bond acceptors (Lipinski definition) is 6. The summed E-state index contributed by atoms with van der Waals surface area (Å²) in [6.07, 6.45) is -5.81. The quantitative estimate of drug-likeness (QED) is 0.386. The van der Waals surface area contributed by atoms with Crippen molar-refractivity contribution in [1.29, 1.82) is 0 Å². The van der Waals surface area contributed by atoms with Crippen LogP contribution in [-0.4, -0.2) is 64.8 Å². The van der Waals surface area contributed by atoms with Gasteiger partial charge in [0.15, 0.2) is 6.29 Å². The highest BCUT2D eigenvalue weighted by atomic mass is 16.6. The maximum atomic E-state index is 9.38. The van der Waals surface area contributed by atoms with E-state index in [0.717, 1.165) is 0 Å². The van der Waals surface area contributed by atoms with E-state index in [4.69, 9.17) is 19.7 Å². The Labute approximate surface area is 75.3 Å². The molecule has 1 unspecified atom stereocenters. The third-order valence-electron chi connectivity index (χ3n) is 2.11. The molecule has 0 spiro atoms. The van der Waals surface area contributed by atoms with Crippen LogP contribution in [0.4, 0.5) is 0 Å². The Morgan fingerprint density at radius 3 is 2.31 bits per heavy atom. The molecule has 4 N–H and O–H groups in total. The molecule has 0 aromatic heterocycles. The summed E-state index contributed by atoms with van der Waals surface area (Å²) in [5, 5.41) is 36.4. The van der Waals surface area contributed by atoms with Crippen molar-refractivity contribution >= 4 is 0 Å².